The third kappa shape index (κ3) is 5.37. The van der Waals surface area contributed by atoms with Gasteiger partial charge in [-0.15, -0.1) is 11.8 Å². The fourth-order valence-electron chi connectivity index (χ4n) is 2.82. The van der Waals surface area contributed by atoms with Crippen molar-refractivity contribution in [3.8, 4) is 0 Å². The Labute approximate surface area is 163 Å². The summed E-state index contributed by atoms with van der Waals surface area (Å²) in [5.41, 5.74) is 4.50. The van der Waals surface area contributed by atoms with Gasteiger partial charge in [-0.05, 0) is 79.3 Å². The van der Waals surface area contributed by atoms with Crippen molar-refractivity contribution in [3.63, 3.8) is 0 Å². The van der Waals surface area contributed by atoms with E-state index in [2.05, 4.69) is 33.9 Å². The van der Waals surface area contributed by atoms with E-state index in [4.69, 9.17) is 0 Å². The number of pyridine rings is 1. The quantitative estimate of drug-likeness (QED) is 0.758. The molecule has 0 saturated heterocycles. The Morgan fingerprint density at radius 2 is 2.19 bits per heavy atom. The summed E-state index contributed by atoms with van der Waals surface area (Å²) in [5, 5.41) is 5.39. The van der Waals surface area contributed by atoms with Crippen LogP contribution in [0.2, 0.25) is 0 Å². The molecule has 0 saturated carbocycles. The van der Waals surface area contributed by atoms with Gasteiger partial charge in [0.2, 0.25) is 5.91 Å². The monoisotopic (exact) mass is 385 g/mol. The van der Waals surface area contributed by atoms with Gasteiger partial charge in [0.05, 0.1) is 11.8 Å². The normalized spacial score (nSPS) is 16.6. The lowest BCUT2D eigenvalue weighted by Gasteiger charge is -2.13. The molecule has 1 atom stereocenters. The third-order valence-electron chi connectivity index (χ3n) is 3.92. The van der Waals surface area contributed by atoms with E-state index in [9.17, 15) is 4.79 Å². The highest BCUT2D eigenvalue weighted by atomic mass is 32.2. The summed E-state index contributed by atoms with van der Waals surface area (Å²) in [6.07, 6.45) is 3.08. The van der Waals surface area contributed by atoms with Crippen molar-refractivity contribution in [2.24, 2.45) is 0 Å². The van der Waals surface area contributed by atoms with Crippen LogP contribution < -0.4 is 5.32 Å². The van der Waals surface area contributed by atoms with E-state index in [1.165, 1.54) is 11.1 Å². The van der Waals surface area contributed by atoms with Crippen LogP contribution in [0.4, 0.5) is 0 Å². The number of nitrogens with one attached hydrogen (secondary N) is 1. The Morgan fingerprint density at radius 1 is 1.35 bits per heavy atom. The van der Waals surface area contributed by atoms with Crippen LogP contribution in [0, 0.1) is 6.92 Å². The van der Waals surface area contributed by atoms with Crippen molar-refractivity contribution >= 4 is 35.2 Å². The summed E-state index contributed by atoms with van der Waals surface area (Å²) in [5.74, 6) is 0.0649. The van der Waals surface area contributed by atoms with Crippen LogP contribution in [-0.4, -0.2) is 34.7 Å². The van der Waals surface area contributed by atoms with Crippen LogP contribution in [0.1, 0.15) is 23.2 Å². The van der Waals surface area contributed by atoms with Gasteiger partial charge >= 0.3 is 0 Å². The first-order valence-corrected chi connectivity index (χ1v) is 10.2. The number of thioether (sulfide) groups is 1. The summed E-state index contributed by atoms with van der Waals surface area (Å²) in [4.78, 5) is 17.8. The predicted octanol–water partition coefficient (Wildman–Crippen LogP) is 4.12. The number of aromatic nitrogens is 1. The summed E-state index contributed by atoms with van der Waals surface area (Å²) in [6.45, 7) is 1.99. The molecule has 0 radical (unpaired) electrons. The zero-order valence-electron chi connectivity index (χ0n) is 15.2. The number of carbonyl (C=O) groups is 1. The Hall–Kier alpha value is -1.76. The van der Waals surface area contributed by atoms with Crippen LogP contribution in [-0.2, 0) is 11.2 Å². The smallest absolute Gasteiger partial charge is 0.225 e. The molecule has 1 aliphatic heterocycles. The number of carbonyl (C=O) groups excluding carboxylic acids is 1. The lowest BCUT2D eigenvalue weighted by molar-refractivity contribution is -0.120. The Kier molecular flexibility index (Phi) is 6.40. The SMILES string of the molecule is Cc1cc(C2=CSC(NC(=O)Cc3cccc(SN(C)C)c3)C2)ccn1. The summed E-state index contributed by atoms with van der Waals surface area (Å²) in [7, 11) is 4.02. The summed E-state index contributed by atoms with van der Waals surface area (Å²) in [6, 6.07) is 12.3. The van der Waals surface area contributed by atoms with Crippen molar-refractivity contribution in [1.29, 1.82) is 0 Å². The first-order valence-electron chi connectivity index (χ1n) is 8.51. The molecule has 1 aromatic heterocycles. The van der Waals surface area contributed by atoms with E-state index in [1.54, 1.807) is 23.7 Å². The van der Waals surface area contributed by atoms with Gasteiger partial charge in [-0.1, -0.05) is 12.1 Å². The van der Waals surface area contributed by atoms with E-state index < -0.39 is 0 Å². The predicted molar refractivity (Wildman–Crippen MR) is 111 cm³/mol. The van der Waals surface area contributed by atoms with Crippen LogP contribution in [0.5, 0.6) is 0 Å². The summed E-state index contributed by atoms with van der Waals surface area (Å²) < 4.78 is 2.04. The average molecular weight is 386 g/mol. The maximum Gasteiger partial charge on any atom is 0.225 e. The molecule has 1 unspecified atom stereocenters. The average Bonchev–Trinajstić information content (AvgIpc) is 3.03. The number of amides is 1. The molecule has 0 spiro atoms. The first-order chi connectivity index (χ1) is 12.5. The summed E-state index contributed by atoms with van der Waals surface area (Å²) >= 11 is 3.33. The van der Waals surface area contributed by atoms with E-state index in [1.807, 2.05) is 49.7 Å². The zero-order valence-corrected chi connectivity index (χ0v) is 16.9. The minimum absolute atomic E-state index is 0.0649. The molecule has 6 heteroatoms. The Bertz CT molecular complexity index is 820. The van der Waals surface area contributed by atoms with Crippen LogP contribution in [0.3, 0.4) is 0 Å². The molecule has 26 heavy (non-hydrogen) atoms. The number of benzene rings is 1. The van der Waals surface area contributed by atoms with Crippen molar-refractivity contribution in [2.45, 2.75) is 30.0 Å². The van der Waals surface area contributed by atoms with Crippen LogP contribution in [0.15, 0.2) is 52.9 Å². The second-order valence-corrected chi connectivity index (χ2v) is 8.91. The number of hydrogen-bond acceptors (Lipinski definition) is 5. The maximum atomic E-state index is 12.4. The molecule has 136 valence electrons. The first kappa shape index (κ1) is 19.0. The lowest BCUT2D eigenvalue weighted by atomic mass is 10.1. The highest BCUT2D eigenvalue weighted by Crippen LogP contribution is 2.34. The molecule has 1 N–H and O–H groups in total. The van der Waals surface area contributed by atoms with Gasteiger partial charge in [-0.3, -0.25) is 14.1 Å². The molecule has 1 amide bonds. The molecule has 0 fully saturated rings. The fraction of sp³-hybridized carbons (Fsp3) is 0.300. The van der Waals surface area contributed by atoms with Gasteiger partial charge in [0, 0.05) is 23.2 Å². The topological polar surface area (TPSA) is 45.2 Å². The molecule has 4 nitrogen and oxygen atoms in total. The minimum atomic E-state index is 0.0649. The second kappa shape index (κ2) is 8.75. The molecule has 3 rings (SSSR count). The number of rotatable bonds is 6. The van der Waals surface area contributed by atoms with Crippen molar-refractivity contribution in [1.82, 2.24) is 14.6 Å². The van der Waals surface area contributed by atoms with E-state index >= 15 is 0 Å². The van der Waals surface area contributed by atoms with Gasteiger partial charge in [-0.2, -0.15) is 0 Å². The minimum Gasteiger partial charge on any atom is -0.343 e. The Balaban J connectivity index is 1.53. The molecule has 0 aliphatic carbocycles. The largest absolute Gasteiger partial charge is 0.343 e. The molecule has 2 aromatic rings. The second-order valence-electron chi connectivity index (χ2n) is 6.45. The molecular weight excluding hydrogens is 362 g/mol. The number of nitrogens with zero attached hydrogens (tertiary/aromatic N) is 2. The highest BCUT2D eigenvalue weighted by molar-refractivity contribution is 8.03. The standard InChI is InChI=1S/C20H23N3OS2/c1-14-9-16(7-8-21-14)17-12-20(25-13-17)22-19(24)11-15-5-4-6-18(10-15)26-23(2)3/h4-10,13,20H,11-12H2,1-3H3,(H,22,24). The van der Waals surface area contributed by atoms with Gasteiger partial charge in [0.25, 0.3) is 0 Å². The number of aryl methyl sites for hydroxylation is 1. The van der Waals surface area contributed by atoms with Crippen LogP contribution >= 0.6 is 23.7 Å². The van der Waals surface area contributed by atoms with E-state index in [0.29, 0.717) is 6.42 Å². The van der Waals surface area contributed by atoms with Gasteiger partial charge < -0.3 is 5.32 Å². The van der Waals surface area contributed by atoms with Gasteiger partial charge in [0.15, 0.2) is 0 Å². The van der Waals surface area contributed by atoms with Gasteiger partial charge in [0.1, 0.15) is 0 Å². The molecule has 1 aliphatic rings. The van der Waals surface area contributed by atoms with E-state index in [-0.39, 0.29) is 11.3 Å². The van der Waals surface area contributed by atoms with Crippen LogP contribution in [0.25, 0.3) is 5.57 Å². The molecule has 2 heterocycles. The highest BCUT2D eigenvalue weighted by Gasteiger charge is 2.21. The van der Waals surface area contributed by atoms with Crippen molar-refractivity contribution in [2.75, 3.05) is 14.1 Å². The third-order valence-corrected chi connectivity index (χ3v) is 5.78. The molecule has 1 aromatic carbocycles. The Morgan fingerprint density at radius 3 is 2.96 bits per heavy atom. The van der Waals surface area contributed by atoms with Crippen molar-refractivity contribution < 1.29 is 4.79 Å². The molecule has 0 bridgehead atoms. The fourth-order valence-corrected chi connectivity index (χ4v) is 4.62. The van der Waals surface area contributed by atoms with Crippen molar-refractivity contribution in [3.05, 3.63) is 64.8 Å². The maximum absolute atomic E-state index is 12.4. The van der Waals surface area contributed by atoms with Gasteiger partial charge in [-0.25, -0.2) is 0 Å². The number of hydrogen-bond donors (Lipinski definition) is 1. The lowest BCUT2D eigenvalue weighted by Crippen LogP contribution is -2.32. The zero-order chi connectivity index (χ0) is 18.5. The molecular formula is C20H23N3OS2. The van der Waals surface area contributed by atoms with E-state index in [0.717, 1.165) is 22.6 Å².